The highest BCUT2D eigenvalue weighted by atomic mass is 16.5. The molecule has 14 heteroatoms. The molecule has 0 rings (SSSR count). The van der Waals surface area contributed by atoms with Gasteiger partial charge in [0.15, 0.2) is 0 Å². The Labute approximate surface area is 243 Å². The smallest absolute Gasteiger partial charge is 0.326 e. The molecule has 0 saturated heterocycles. The molecule has 0 saturated carbocycles. The second-order valence-corrected chi connectivity index (χ2v) is 9.49. The number of carboxylic acid groups (broad SMARTS) is 1. The van der Waals surface area contributed by atoms with Crippen LogP contribution in [-0.2, 0) is 42.9 Å². The molecule has 1 unspecified atom stereocenters. The number of aliphatic carboxylic acids is 1. The third kappa shape index (κ3) is 19.0. The van der Waals surface area contributed by atoms with Crippen LogP contribution in [0.4, 0.5) is 0 Å². The van der Waals surface area contributed by atoms with Crippen molar-refractivity contribution in [3.63, 3.8) is 0 Å². The highest BCUT2D eigenvalue weighted by Gasteiger charge is 2.27. The monoisotopic (exact) mass is 590 g/mol. The van der Waals surface area contributed by atoms with Gasteiger partial charge in [-0.1, -0.05) is 19.8 Å². The van der Waals surface area contributed by atoms with Crippen molar-refractivity contribution in [1.82, 2.24) is 20.0 Å². The fourth-order valence-corrected chi connectivity index (χ4v) is 3.41. The standard InChI is InChI=1S/C27H50N4O10/c1-6-7-8-9-25(34)31(5)22(27(36)37)10-11-24(33)29(3)12-14-38-17-19-41-21-26(35)30(4)13-15-39-16-18-40-20-23(32)28-2/h22H,6-21H2,1-5H3,(H,28,32)(H,36,37). The second kappa shape index (κ2) is 23.9. The van der Waals surface area contributed by atoms with E-state index >= 15 is 0 Å². The summed E-state index contributed by atoms with van der Waals surface area (Å²) in [6.07, 6.45) is 2.90. The number of nitrogens with zero attached hydrogens (tertiary/aromatic N) is 3. The summed E-state index contributed by atoms with van der Waals surface area (Å²) in [4.78, 5) is 63.6. The molecule has 0 bridgehead atoms. The Bertz CT molecular complexity index is 783. The van der Waals surface area contributed by atoms with Crippen LogP contribution in [0.25, 0.3) is 0 Å². The maximum absolute atomic E-state index is 12.4. The molecule has 0 aromatic carbocycles. The van der Waals surface area contributed by atoms with Crippen LogP contribution < -0.4 is 5.32 Å². The maximum atomic E-state index is 12.4. The average Bonchev–Trinajstić information content (AvgIpc) is 2.95. The Kier molecular flexibility index (Phi) is 22.2. The van der Waals surface area contributed by atoms with Gasteiger partial charge in [0.1, 0.15) is 19.3 Å². The molecule has 14 nitrogen and oxygen atoms in total. The third-order valence-corrected chi connectivity index (χ3v) is 6.25. The van der Waals surface area contributed by atoms with Crippen molar-refractivity contribution in [2.45, 2.75) is 51.5 Å². The summed E-state index contributed by atoms with van der Waals surface area (Å²) in [6, 6.07) is -1.05. The average molecular weight is 591 g/mol. The van der Waals surface area contributed by atoms with E-state index in [1.54, 1.807) is 14.1 Å². The minimum absolute atomic E-state index is 0.00468. The van der Waals surface area contributed by atoms with Crippen molar-refractivity contribution in [3.05, 3.63) is 0 Å². The Morgan fingerprint density at radius 3 is 1.78 bits per heavy atom. The number of unbranched alkanes of at least 4 members (excludes halogenated alkanes) is 2. The van der Waals surface area contributed by atoms with Gasteiger partial charge in [-0.15, -0.1) is 0 Å². The molecule has 0 heterocycles. The first kappa shape index (κ1) is 38.2. The predicted molar refractivity (Wildman–Crippen MR) is 150 cm³/mol. The summed E-state index contributed by atoms with van der Waals surface area (Å²) in [6.45, 7) is 4.20. The number of carboxylic acids is 1. The molecule has 2 N–H and O–H groups in total. The van der Waals surface area contributed by atoms with Crippen molar-refractivity contribution < 1.29 is 48.0 Å². The van der Waals surface area contributed by atoms with Crippen LogP contribution in [0, 0.1) is 0 Å². The van der Waals surface area contributed by atoms with E-state index < -0.39 is 12.0 Å². The number of rotatable bonds is 25. The lowest BCUT2D eigenvalue weighted by molar-refractivity contribution is -0.149. The molecule has 0 fully saturated rings. The fourth-order valence-electron chi connectivity index (χ4n) is 3.41. The van der Waals surface area contributed by atoms with Gasteiger partial charge >= 0.3 is 5.97 Å². The first-order valence-corrected chi connectivity index (χ1v) is 14.0. The lowest BCUT2D eigenvalue weighted by Gasteiger charge is -2.25. The number of hydrogen-bond acceptors (Lipinski definition) is 9. The zero-order chi connectivity index (χ0) is 31.0. The van der Waals surface area contributed by atoms with Gasteiger partial charge in [-0.2, -0.15) is 0 Å². The minimum atomic E-state index is -1.13. The van der Waals surface area contributed by atoms with Gasteiger partial charge in [0.2, 0.25) is 23.6 Å². The van der Waals surface area contributed by atoms with Gasteiger partial charge in [0, 0.05) is 54.1 Å². The van der Waals surface area contributed by atoms with Crippen molar-refractivity contribution >= 4 is 29.6 Å². The van der Waals surface area contributed by atoms with Crippen LogP contribution >= 0.6 is 0 Å². The Morgan fingerprint density at radius 1 is 0.707 bits per heavy atom. The highest BCUT2D eigenvalue weighted by molar-refractivity contribution is 5.84. The molecule has 4 amide bonds. The van der Waals surface area contributed by atoms with Crippen LogP contribution in [0.3, 0.4) is 0 Å². The molecule has 238 valence electrons. The van der Waals surface area contributed by atoms with Gasteiger partial charge in [-0.05, 0) is 12.8 Å². The Morgan fingerprint density at radius 2 is 1.24 bits per heavy atom. The van der Waals surface area contributed by atoms with E-state index in [9.17, 15) is 29.1 Å². The Hall–Kier alpha value is -2.81. The second-order valence-electron chi connectivity index (χ2n) is 9.49. The lowest BCUT2D eigenvalue weighted by atomic mass is 10.1. The van der Waals surface area contributed by atoms with Gasteiger partial charge in [-0.25, -0.2) is 4.79 Å². The molecular formula is C27H50N4O10. The number of ether oxygens (including phenoxy) is 4. The van der Waals surface area contributed by atoms with Gasteiger partial charge in [0.25, 0.3) is 0 Å². The largest absolute Gasteiger partial charge is 0.480 e. The number of carbonyl (C=O) groups excluding carboxylic acids is 4. The molecule has 0 radical (unpaired) electrons. The van der Waals surface area contributed by atoms with Crippen LogP contribution in [0.2, 0.25) is 0 Å². The quantitative estimate of drug-likeness (QED) is 0.138. The van der Waals surface area contributed by atoms with Crippen LogP contribution in [-0.4, -0.2) is 150 Å². The predicted octanol–water partition coefficient (Wildman–Crippen LogP) is -0.0123. The highest BCUT2D eigenvalue weighted by Crippen LogP contribution is 2.11. The zero-order valence-electron chi connectivity index (χ0n) is 25.4. The van der Waals surface area contributed by atoms with Crippen LogP contribution in [0.1, 0.15) is 45.4 Å². The molecular weight excluding hydrogens is 540 g/mol. The van der Waals surface area contributed by atoms with E-state index in [2.05, 4.69) is 5.32 Å². The van der Waals surface area contributed by atoms with E-state index in [1.807, 2.05) is 6.92 Å². The third-order valence-electron chi connectivity index (χ3n) is 6.25. The van der Waals surface area contributed by atoms with Crippen LogP contribution in [0.5, 0.6) is 0 Å². The van der Waals surface area contributed by atoms with E-state index in [0.717, 1.165) is 12.8 Å². The first-order valence-electron chi connectivity index (χ1n) is 14.0. The fraction of sp³-hybridized carbons (Fsp3) is 0.815. The molecule has 41 heavy (non-hydrogen) atoms. The molecule has 1 atom stereocenters. The van der Waals surface area contributed by atoms with Crippen molar-refractivity contribution in [2.75, 3.05) is 94.1 Å². The molecule has 0 aromatic rings. The van der Waals surface area contributed by atoms with E-state index in [1.165, 1.54) is 28.8 Å². The van der Waals surface area contributed by atoms with Gasteiger partial charge < -0.3 is 44.1 Å². The van der Waals surface area contributed by atoms with Crippen LogP contribution in [0.15, 0.2) is 0 Å². The zero-order valence-corrected chi connectivity index (χ0v) is 25.4. The minimum Gasteiger partial charge on any atom is -0.480 e. The number of hydrogen-bond donors (Lipinski definition) is 2. The summed E-state index contributed by atoms with van der Waals surface area (Å²) >= 11 is 0. The van der Waals surface area contributed by atoms with Crippen molar-refractivity contribution in [2.24, 2.45) is 0 Å². The maximum Gasteiger partial charge on any atom is 0.326 e. The number of likely N-dealkylation sites (N-methyl/N-ethyl adjacent to an activating group) is 4. The summed E-state index contributed by atoms with van der Waals surface area (Å²) in [5.74, 6) is -2.02. The van der Waals surface area contributed by atoms with Gasteiger partial charge in [0.05, 0.1) is 39.6 Å². The SMILES string of the molecule is CCCCCC(=O)N(C)C(CCC(=O)N(C)CCOCCOCC(=O)N(C)CCOCCOCC(=O)NC)C(=O)O. The summed E-state index contributed by atoms with van der Waals surface area (Å²) < 4.78 is 21.3. The number of amides is 4. The molecule has 0 aliphatic rings. The van der Waals surface area contributed by atoms with Gasteiger partial charge in [-0.3, -0.25) is 19.2 Å². The Balaban J connectivity index is 3.99. The number of carbonyl (C=O) groups is 5. The van der Waals surface area contributed by atoms with E-state index in [-0.39, 0.29) is 76.1 Å². The lowest BCUT2D eigenvalue weighted by Crippen LogP contribution is -2.43. The first-order chi connectivity index (χ1) is 19.5. The molecule has 0 aliphatic carbocycles. The molecule has 0 aromatic heterocycles. The molecule has 0 spiro atoms. The van der Waals surface area contributed by atoms with Crippen molar-refractivity contribution in [1.29, 1.82) is 0 Å². The topological polar surface area (TPSA) is 164 Å². The van der Waals surface area contributed by atoms with Crippen molar-refractivity contribution in [3.8, 4) is 0 Å². The molecule has 0 aliphatic heterocycles. The summed E-state index contributed by atoms with van der Waals surface area (Å²) in [7, 11) is 6.24. The van der Waals surface area contributed by atoms with E-state index in [0.29, 0.717) is 39.1 Å². The normalized spacial score (nSPS) is 11.5. The van der Waals surface area contributed by atoms with E-state index in [4.69, 9.17) is 18.9 Å². The summed E-state index contributed by atoms with van der Waals surface area (Å²) in [5.41, 5.74) is 0. The summed E-state index contributed by atoms with van der Waals surface area (Å²) in [5, 5.41) is 12.0. The number of nitrogens with one attached hydrogen (secondary N) is 1.